The van der Waals surface area contributed by atoms with E-state index in [1.165, 1.54) is 0 Å². The Hall–Kier alpha value is -0.980. The van der Waals surface area contributed by atoms with Gasteiger partial charge in [-0.05, 0) is 38.1 Å². The summed E-state index contributed by atoms with van der Waals surface area (Å²) in [6, 6.07) is 8.60. The van der Waals surface area contributed by atoms with E-state index < -0.39 is 15.6 Å². The summed E-state index contributed by atoms with van der Waals surface area (Å²) in [4.78, 5) is 4.44. The third-order valence-electron chi connectivity index (χ3n) is 3.29. The second-order valence-corrected chi connectivity index (χ2v) is 8.29. The number of aromatic nitrogens is 1. The Morgan fingerprint density at radius 1 is 1.25 bits per heavy atom. The SMILES string of the molecule is CC(Br)C(C)(C)NS(=O)(=O)c1cccc2ncccc12. The van der Waals surface area contributed by atoms with Gasteiger partial charge in [-0.2, -0.15) is 0 Å². The van der Waals surface area contributed by atoms with Crippen molar-refractivity contribution in [3.05, 3.63) is 36.5 Å². The lowest BCUT2D eigenvalue weighted by Crippen LogP contribution is -2.48. The maximum Gasteiger partial charge on any atom is 0.241 e. The molecule has 0 fully saturated rings. The average Bonchev–Trinajstić information content (AvgIpc) is 2.36. The normalized spacial score (nSPS) is 14.4. The highest BCUT2D eigenvalue weighted by Crippen LogP contribution is 2.24. The van der Waals surface area contributed by atoms with Crippen LogP contribution >= 0.6 is 15.9 Å². The minimum absolute atomic E-state index is 0.00197. The summed E-state index contributed by atoms with van der Waals surface area (Å²) in [6.07, 6.45) is 1.65. The molecule has 2 aromatic rings. The van der Waals surface area contributed by atoms with Crippen LogP contribution in [0.3, 0.4) is 0 Å². The molecule has 0 aliphatic carbocycles. The predicted octanol–water partition coefficient (Wildman–Crippen LogP) is 3.08. The predicted molar refractivity (Wildman–Crippen MR) is 84.5 cm³/mol. The van der Waals surface area contributed by atoms with E-state index in [1.807, 2.05) is 20.8 Å². The monoisotopic (exact) mass is 356 g/mol. The van der Waals surface area contributed by atoms with Gasteiger partial charge in [0.05, 0.1) is 10.4 Å². The maximum atomic E-state index is 12.6. The van der Waals surface area contributed by atoms with Crippen molar-refractivity contribution in [3.63, 3.8) is 0 Å². The van der Waals surface area contributed by atoms with Crippen molar-refractivity contribution in [1.82, 2.24) is 9.71 Å². The van der Waals surface area contributed by atoms with Gasteiger partial charge in [-0.25, -0.2) is 13.1 Å². The fraction of sp³-hybridized carbons (Fsp3) is 0.357. The largest absolute Gasteiger partial charge is 0.256 e. The Morgan fingerprint density at radius 2 is 1.95 bits per heavy atom. The van der Waals surface area contributed by atoms with Crippen LogP contribution in [0.4, 0.5) is 0 Å². The Morgan fingerprint density at radius 3 is 2.60 bits per heavy atom. The van der Waals surface area contributed by atoms with Crippen LogP contribution in [-0.2, 0) is 10.0 Å². The third-order valence-corrected chi connectivity index (χ3v) is 6.16. The second kappa shape index (κ2) is 5.42. The molecule has 1 aromatic heterocycles. The molecule has 1 heterocycles. The number of rotatable bonds is 4. The van der Waals surface area contributed by atoms with E-state index in [9.17, 15) is 8.42 Å². The van der Waals surface area contributed by atoms with E-state index in [2.05, 4.69) is 25.6 Å². The fourth-order valence-corrected chi connectivity index (χ4v) is 3.76. The summed E-state index contributed by atoms with van der Waals surface area (Å²) in [5, 5.41) is 0.625. The molecule has 6 heteroatoms. The zero-order chi connectivity index (χ0) is 15.0. The van der Waals surface area contributed by atoms with E-state index in [1.54, 1.807) is 36.5 Å². The van der Waals surface area contributed by atoms with Gasteiger partial charge in [0, 0.05) is 21.9 Å². The lowest BCUT2D eigenvalue weighted by Gasteiger charge is -2.29. The van der Waals surface area contributed by atoms with Gasteiger partial charge < -0.3 is 0 Å². The zero-order valence-corrected chi connectivity index (χ0v) is 14.0. The van der Waals surface area contributed by atoms with Crippen LogP contribution in [0.5, 0.6) is 0 Å². The van der Waals surface area contributed by atoms with Crippen molar-refractivity contribution in [3.8, 4) is 0 Å². The van der Waals surface area contributed by atoms with Crippen molar-refractivity contribution in [1.29, 1.82) is 0 Å². The van der Waals surface area contributed by atoms with Crippen molar-refractivity contribution in [2.45, 2.75) is 36.0 Å². The smallest absolute Gasteiger partial charge is 0.241 e. The number of hydrogen-bond donors (Lipinski definition) is 1. The van der Waals surface area contributed by atoms with E-state index in [0.717, 1.165) is 0 Å². The van der Waals surface area contributed by atoms with Crippen LogP contribution in [-0.4, -0.2) is 23.8 Å². The highest BCUT2D eigenvalue weighted by Gasteiger charge is 2.30. The van der Waals surface area contributed by atoms with Crippen LogP contribution in [0.25, 0.3) is 10.9 Å². The highest BCUT2D eigenvalue weighted by atomic mass is 79.9. The summed E-state index contributed by atoms with van der Waals surface area (Å²) >= 11 is 3.43. The first kappa shape index (κ1) is 15.4. The molecular formula is C14H17BrN2O2S. The molecule has 0 saturated heterocycles. The van der Waals surface area contributed by atoms with Gasteiger partial charge in [0.1, 0.15) is 0 Å². The van der Waals surface area contributed by atoms with Crippen LogP contribution in [0.15, 0.2) is 41.4 Å². The number of sulfonamides is 1. The summed E-state index contributed by atoms with van der Waals surface area (Å²) < 4.78 is 28.0. The van der Waals surface area contributed by atoms with Crippen LogP contribution in [0, 0.1) is 0 Å². The van der Waals surface area contributed by atoms with Gasteiger partial charge in [0.2, 0.25) is 10.0 Å². The molecule has 20 heavy (non-hydrogen) atoms. The maximum absolute atomic E-state index is 12.6. The Labute approximate surface area is 127 Å². The van der Waals surface area contributed by atoms with Crippen molar-refractivity contribution in [2.24, 2.45) is 0 Å². The molecule has 108 valence electrons. The van der Waals surface area contributed by atoms with E-state index in [0.29, 0.717) is 10.9 Å². The van der Waals surface area contributed by atoms with E-state index in [4.69, 9.17) is 0 Å². The van der Waals surface area contributed by atoms with E-state index in [-0.39, 0.29) is 9.72 Å². The lowest BCUT2D eigenvalue weighted by molar-refractivity contribution is 0.454. The minimum Gasteiger partial charge on any atom is -0.256 e. The summed E-state index contributed by atoms with van der Waals surface area (Å²) in [6.45, 7) is 5.59. The summed E-state index contributed by atoms with van der Waals surface area (Å²) in [5.41, 5.74) is 0.0727. The van der Waals surface area contributed by atoms with E-state index >= 15 is 0 Å². The van der Waals surface area contributed by atoms with Gasteiger partial charge in [0.15, 0.2) is 0 Å². The molecule has 0 saturated carbocycles. The molecular weight excluding hydrogens is 340 g/mol. The molecule has 0 aliphatic heterocycles. The molecule has 0 aliphatic rings. The first-order valence-corrected chi connectivity index (χ1v) is 8.66. The number of pyridine rings is 1. The minimum atomic E-state index is -3.61. The molecule has 1 N–H and O–H groups in total. The molecule has 1 aromatic carbocycles. The number of halogens is 1. The first-order chi connectivity index (χ1) is 9.24. The average molecular weight is 357 g/mol. The van der Waals surface area contributed by atoms with Crippen LogP contribution in [0.1, 0.15) is 20.8 Å². The number of nitrogens with one attached hydrogen (secondary N) is 1. The quantitative estimate of drug-likeness (QED) is 0.856. The summed E-state index contributed by atoms with van der Waals surface area (Å²) in [7, 11) is -3.61. The molecule has 4 nitrogen and oxygen atoms in total. The summed E-state index contributed by atoms with van der Waals surface area (Å²) in [5.74, 6) is 0. The standard InChI is InChI=1S/C14H17BrN2O2S/c1-10(15)14(2,3)17-20(18,19)13-8-4-7-12-11(13)6-5-9-16-12/h4-10,17H,1-3H3. The number of nitrogens with zero attached hydrogens (tertiary/aromatic N) is 1. The Balaban J connectivity index is 2.53. The van der Waals surface area contributed by atoms with Crippen molar-refractivity contribution < 1.29 is 8.42 Å². The van der Waals surface area contributed by atoms with Gasteiger partial charge >= 0.3 is 0 Å². The van der Waals surface area contributed by atoms with Gasteiger partial charge in [-0.1, -0.05) is 28.9 Å². The molecule has 0 amide bonds. The van der Waals surface area contributed by atoms with Crippen LogP contribution in [0.2, 0.25) is 0 Å². The molecule has 0 spiro atoms. The topological polar surface area (TPSA) is 59.1 Å². The fourth-order valence-electron chi connectivity index (χ4n) is 1.79. The number of hydrogen-bond acceptors (Lipinski definition) is 3. The number of alkyl halides is 1. The second-order valence-electron chi connectivity index (χ2n) is 5.27. The molecule has 1 unspecified atom stereocenters. The number of benzene rings is 1. The van der Waals surface area contributed by atoms with Crippen molar-refractivity contribution >= 4 is 36.9 Å². The zero-order valence-electron chi connectivity index (χ0n) is 11.6. The van der Waals surface area contributed by atoms with Gasteiger partial charge in [-0.3, -0.25) is 4.98 Å². The lowest BCUT2D eigenvalue weighted by atomic mass is 10.0. The van der Waals surface area contributed by atoms with Gasteiger partial charge in [0.25, 0.3) is 0 Å². The van der Waals surface area contributed by atoms with Crippen molar-refractivity contribution in [2.75, 3.05) is 0 Å². The molecule has 0 bridgehead atoms. The van der Waals surface area contributed by atoms with Gasteiger partial charge in [-0.15, -0.1) is 0 Å². The Kier molecular flexibility index (Phi) is 4.18. The van der Waals surface area contributed by atoms with Crippen LogP contribution < -0.4 is 4.72 Å². The first-order valence-electron chi connectivity index (χ1n) is 6.26. The molecule has 2 rings (SSSR count). The number of fused-ring (bicyclic) bond motifs is 1. The Bertz CT molecular complexity index is 722. The molecule has 0 radical (unpaired) electrons. The third kappa shape index (κ3) is 3.02. The molecule has 1 atom stereocenters. The highest BCUT2D eigenvalue weighted by molar-refractivity contribution is 9.09.